The highest BCUT2D eigenvalue weighted by Crippen LogP contribution is 2.35. The minimum absolute atomic E-state index is 0.0165. The first-order valence-corrected chi connectivity index (χ1v) is 8.72. The number of rotatable bonds is 6. The number of aliphatic hydroxyl groups is 1. The molecule has 3 rings (SSSR count). The molecule has 0 saturated carbocycles. The zero-order chi connectivity index (χ0) is 18.6. The standard InChI is InChI=1S/C19H23N3O4/c23-16-8-9-22(17(24)7-6-15-11-20-21-12-15)13-19(16,18(25)26)10-14-4-2-1-3-5-14/h1-5,11-12,16,23H,6-10,13H2,(H,20,21)(H,25,26)/t16-,19-/m1/s1. The Morgan fingerprint density at radius 2 is 2.04 bits per heavy atom. The molecule has 1 aromatic carbocycles. The van der Waals surface area contributed by atoms with Crippen LogP contribution in [0.1, 0.15) is 24.0 Å². The lowest BCUT2D eigenvalue weighted by atomic mass is 9.72. The first-order valence-electron chi connectivity index (χ1n) is 8.72. The van der Waals surface area contributed by atoms with Gasteiger partial charge in [0.2, 0.25) is 5.91 Å². The molecule has 1 saturated heterocycles. The number of aliphatic carboxylic acids is 1. The summed E-state index contributed by atoms with van der Waals surface area (Å²) in [4.78, 5) is 26.3. The van der Waals surface area contributed by atoms with Crippen molar-refractivity contribution < 1.29 is 19.8 Å². The second-order valence-corrected chi connectivity index (χ2v) is 6.85. The number of carboxylic acids is 1. The zero-order valence-corrected chi connectivity index (χ0v) is 14.5. The number of carbonyl (C=O) groups is 2. The van der Waals surface area contributed by atoms with Crippen molar-refractivity contribution in [2.75, 3.05) is 13.1 Å². The number of aliphatic hydroxyl groups excluding tert-OH is 1. The van der Waals surface area contributed by atoms with E-state index in [0.717, 1.165) is 11.1 Å². The molecule has 2 atom stereocenters. The number of hydrogen-bond donors (Lipinski definition) is 3. The molecule has 0 unspecified atom stereocenters. The number of aromatic amines is 1. The van der Waals surface area contributed by atoms with Crippen LogP contribution in [-0.2, 0) is 22.4 Å². The molecule has 0 bridgehead atoms. The van der Waals surface area contributed by atoms with Crippen LogP contribution in [0.15, 0.2) is 42.7 Å². The molecular formula is C19H23N3O4. The first kappa shape index (κ1) is 18.1. The summed E-state index contributed by atoms with van der Waals surface area (Å²) in [6.45, 7) is 0.387. The second-order valence-electron chi connectivity index (χ2n) is 6.85. The molecule has 1 aromatic heterocycles. The van der Waals surface area contributed by atoms with Gasteiger partial charge in [0, 0.05) is 25.7 Å². The van der Waals surface area contributed by atoms with Crippen molar-refractivity contribution in [3.63, 3.8) is 0 Å². The monoisotopic (exact) mass is 357 g/mol. The van der Waals surface area contributed by atoms with Gasteiger partial charge in [0.05, 0.1) is 12.3 Å². The van der Waals surface area contributed by atoms with E-state index >= 15 is 0 Å². The van der Waals surface area contributed by atoms with Crippen molar-refractivity contribution >= 4 is 11.9 Å². The van der Waals surface area contributed by atoms with E-state index in [4.69, 9.17) is 0 Å². The Morgan fingerprint density at radius 3 is 2.69 bits per heavy atom. The lowest BCUT2D eigenvalue weighted by Crippen LogP contribution is -2.58. The van der Waals surface area contributed by atoms with E-state index in [-0.39, 0.29) is 31.7 Å². The Morgan fingerprint density at radius 1 is 1.27 bits per heavy atom. The van der Waals surface area contributed by atoms with Crippen LogP contribution in [0.25, 0.3) is 0 Å². The largest absolute Gasteiger partial charge is 0.481 e. The van der Waals surface area contributed by atoms with Crippen molar-refractivity contribution in [2.45, 2.75) is 31.8 Å². The molecule has 2 heterocycles. The van der Waals surface area contributed by atoms with Gasteiger partial charge < -0.3 is 15.1 Å². The predicted octanol–water partition coefficient (Wildman–Crippen LogP) is 1.25. The van der Waals surface area contributed by atoms with Gasteiger partial charge in [-0.25, -0.2) is 0 Å². The van der Waals surface area contributed by atoms with E-state index in [2.05, 4.69) is 10.2 Å². The molecule has 7 nitrogen and oxygen atoms in total. The van der Waals surface area contributed by atoms with E-state index in [9.17, 15) is 19.8 Å². The molecule has 1 aliphatic heterocycles. The van der Waals surface area contributed by atoms with Gasteiger partial charge in [-0.05, 0) is 30.4 Å². The van der Waals surface area contributed by atoms with Crippen LogP contribution >= 0.6 is 0 Å². The lowest BCUT2D eigenvalue weighted by Gasteiger charge is -2.43. The molecule has 2 aromatic rings. The highest BCUT2D eigenvalue weighted by atomic mass is 16.4. The third kappa shape index (κ3) is 3.77. The van der Waals surface area contributed by atoms with Gasteiger partial charge in [0.15, 0.2) is 0 Å². The van der Waals surface area contributed by atoms with Gasteiger partial charge in [-0.15, -0.1) is 0 Å². The number of likely N-dealkylation sites (tertiary alicyclic amines) is 1. The third-order valence-corrected chi connectivity index (χ3v) is 5.11. The molecule has 1 fully saturated rings. The van der Waals surface area contributed by atoms with Gasteiger partial charge in [-0.1, -0.05) is 30.3 Å². The second kappa shape index (κ2) is 7.70. The fourth-order valence-corrected chi connectivity index (χ4v) is 3.54. The molecule has 3 N–H and O–H groups in total. The average molecular weight is 357 g/mol. The molecule has 1 amide bonds. The molecule has 0 aliphatic carbocycles. The van der Waals surface area contributed by atoms with Crippen LogP contribution in [0.5, 0.6) is 0 Å². The van der Waals surface area contributed by atoms with Crippen LogP contribution in [0.2, 0.25) is 0 Å². The number of benzene rings is 1. The van der Waals surface area contributed by atoms with Crippen molar-refractivity contribution in [2.24, 2.45) is 5.41 Å². The number of nitrogens with one attached hydrogen (secondary N) is 1. The Balaban J connectivity index is 1.73. The van der Waals surface area contributed by atoms with Crippen molar-refractivity contribution in [1.82, 2.24) is 15.1 Å². The molecule has 1 aliphatic rings. The molecule has 138 valence electrons. The molecule has 0 spiro atoms. The zero-order valence-electron chi connectivity index (χ0n) is 14.5. The third-order valence-electron chi connectivity index (χ3n) is 5.11. The van der Waals surface area contributed by atoms with E-state index < -0.39 is 17.5 Å². The van der Waals surface area contributed by atoms with Crippen LogP contribution in [0, 0.1) is 5.41 Å². The minimum atomic E-state index is -1.38. The summed E-state index contributed by atoms with van der Waals surface area (Å²) in [7, 11) is 0. The molecule has 7 heteroatoms. The van der Waals surface area contributed by atoms with Crippen LogP contribution < -0.4 is 0 Å². The summed E-state index contributed by atoms with van der Waals surface area (Å²) in [5.74, 6) is -1.17. The average Bonchev–Trinajstić information content (AvgIpc) is 3.16. The Labute approximate surface area is 151 Å². The summed E-state index contributed by atoms with van der Waals surface area (Å²) in [5.41, 5.74) is 0.385. The number of hydrogen-bond acceptors (Lipinski definition) is 4. The number of carboxylic acid groups (broad SMARTS) is 1. The summed E-state index contributed by atoms with van der Waals surface area (Å²) >= 11 is 0. The SMILES string of the molecule is O=C(CCc1cn[nH]c1)N1CC[C@@H](O)[C@](Cc2ccccc2)(C(=O)O)C1. The Kier molecular flexibility index (Phi) is 5.37. The van der Waals surface area contributed by atoms with Crippen LogP contribution in [0.3, 0.4) is 0 Å². The van der Waals surface area contributed by atoms with E-state index in [0.29, 0.717) is 13.0 Å². The molecule has 0 radical (unpaired) electrons. The lowest BCUT2D eigenvalue weighted by molar-refractivity contribution is -0.165. The van der Waals surface area contributed by atoms with Gasteiger partial charge in [-0.2, -0.15) is 5.10 Å². The molecular weight excluding hydrogens is 334 g/mol. The van der Waals surface area contributed by atoms with E-state index in [1.54, 1.807) is 17.3 Å². The van der Waals surface area contributed by atoms with Gasteiger partial charge in [-0.3, -0.25) is 14.7 Å². The number of carbonyl (C=O) groups excluding carboxylic acids is 1. The van der Waals surface area contributed by atoms with E-state index in [1.165, 1.54) is 0 Å². The van der Waals surface area contributed by atoms with Gasteiger partial charge in [0.25, 0.3) is 0 Å². The topological polar surface area (TPSA) is 107 Å². The summed E-state index contributed by atoms with van der Waals surface area (Å²) in [6.07, 6.45) is 3.71. The Bertz CT molecular complexity index is 747. The van der Waals surface area contributed by atoms with Crippen molar-refractivity contribution in [1.29, 1.82) is 0 Å². The van der Waals surface area contributed by atoms with Gasteiger partial charge in [0.1, 0.15) is 5.41 Å². The van der Waals surface area contributed by atoms with Gasteiger partial charge >= 0.3 is 5.97 Å². The maximum absolute atomic E-state index is 12.6. The Hall–Kier alpha value is -2.67. The summed E-state index contributed by atoms with van der Waals surface area (Å²) in [6, 6.07) is 9.23. The fourth-order valence-electron chi connectivity index (χ4n) is 3.54. The predicted molar refractivity (Wildman–Crippen MR) is 94.3 cm³/mol. The number of aromatic nitrogens is 2. The van der Waals surface area contributed by atoms with Crippen molar-refractivity contribution in [3.8, 4) is 0 Å². The summed E-state index contributed by atoms with van der Waals surface area (Å²) < 4.78 is 0. The number of piperidine rings is 1. The normalized spacial score (nSPS) is 23.0. The highest BCUT2D eigenvalue weighted by Gasteiger charge is 2.50. The fraction of sp³-hybridized carbons (Fsp3) is 0.421. The minimum Gasteiger partial charge on any atom is -0.481 e. The molecule has 26 heavy (non-hydrogen) atoms. The number of aryl methyl sites for hydroxylation is 1. The van der Waals surface area contributed by atoms with E-state index in [1.807, 2.05) is 30.3 Å². The summed E-state index contributed by atoms with van der Waals surface area (Å²) in [5, 5.41) is 27.0. The smallest absolute Gasteiger partial charge is 0.314 e. The first-order chi connectivity index (χ1) is 12.5. The number of amides is 1. The maximum Gasteiger partial charge on any atom is 0.314 e. The van der Waals surface area contributed by atoms with Crippen LogP contribution in [0.4, 0.5) is 0 Å². The number of nitrogens with zero attached hydrogens (tertiary/aromatic N) is 2. The highest BCUT2D eigenvalue weighted by molar-refractivity contribution is 5.80. The maximum atomic E-state index is 12.6. The number of H-pyrrole nitrogens is 1. The quantitative estimate of drug-likeness (QED) is 0.721. The van der Waals surface area contributed by atoms with Crippen molar-refractivity contribution in [3.05, 3.63) is 53.9 Å². The van der Waals surface area contributed by atoms with Crippen LogP contribution in [-0.4, -0.2) is 56.4 Å².